The number of hydrogen-bond acceptors (Lipinski definition) is 4. The van der Waals surface area contributed by atoms with E-state index in [4.69, 9.17) is 5.73 Å². The lowest BCUT2D eigenvalue weighted by molar-refractivity contribution is 0.630. The number of halogens is 1. The second kappa shape index (κ2) is 5.00. The second-order valence-electron chi connectivity index (χ2n) is 4.50. The Labute approximate surface area is 118 Å². The molecule has 5 heteroatoms. The zero-order valence-corrected chi connectivity index (χ0v) is 12.0. The first kappa shape index (κ1) is 12.7. The van der Waals surface area contributed by atoms with Gasteiger partial charge >= 0.3 is 0 Å². The Bertz CT molecular complexity index is 717. The van der Waals surface area contributed by atoms with Gasteiger partial charge in [-0.1, -0.05) is 6.07 Å². The number of aromatic nitrogens is 1. The molecule has 3 rings (SSSR count). The van der Waals surface area contributed by atoms with Crippen molar-refractivity contribution in [1.82, 2.24) is 4.98 Å². The van der Waals surface area contributed by atoms with Crippen LogP contribution in [0.2, 0.25) is 0 Å². The molecule has 0 aliphatic heterocycles. The summed E-state index contributed by atoms with van der Waals surface area (Å²) in [7, 11) is 0. The average Bonchev–Trinajstić information content (AvgIpc) is 2.95. The van der Waals surface area contributed by atoms with Crippen molar-refractivity contribution in [2.45, 2.75) is 19.4 Å². The number of aryl methyl sites for hydroxylation is 1. The second-order valence-corrected chi connectivity index (χ2v) is 6.68. The van der Waals surface area contributed by atoms with Crippen molar-refractivity contribution in [2.24, 2.45) is 5.73 Å². The summed E-state index contributed by atoms with van der Waals surface area (Å²) < 4.78 is 14.1. The van der Waals surface area contributed by atoms with Gasteiger partial charge in [0.05, 0.1) is 10.7 Å². The maximum atomic E-state index is 13.2. The van der Waals surface area contributed by atoms with E-state index in [1.165, 1.54) is 6.07 Å². The summed E-state index contributed by atoms with van der Waals surface area (Å²) in [5.74, 6) is -0.204. The van der Waals surface area contributed by atoms with Crippen LogP contribution in [0.4, 0.5) is 4.39 Å². The monoisotopic (exact) mass is 292 g/mol. The maximum Gasteiger partial charge on any atom is 0.124 e. The third-order valence-electron chi connectivity index (χ3n) is 2.96. The van der Waals surface area contributed by atoms with Gasteiger partial charge in [0.25, 0.3) is 0 Å². The van der Waals surface area contributed by atoms with Gasteiger partial charge in [-0.15, -0.1) is 22.7 Å². The van der Waals surface area contributed by atoms with Gasteiger partial charge in [-0.25, -0.2) is 9.37 Å². The van der Waals surface area contributed by atoms with Crippen molar-refractivity contribution in [3.8, 4) is 0 Å². The number of hydrogen-bond donors (Lipinski definition) is 1. The molecule has 19 heavy (non-hydrogen) atoms. The summed E-state index contributed by atoms with van der Waals surface area (Å²) in [5, 5.41) is 4.15. The molecule has 2 N–H and O–H groups in total. The number of nitrogens with zero attached hydrogens (tertiary/aromatic N) is 1. The van der Waals surface area contributed by atoms with Crippen LogP contribution in [-0.2, 0) is 6.42 Å². The summed E-state index contributed by atoms with van der Waals surface area (Å²) in [4.78, 5) is 5.50. The van der Waals surface area contributed by atoms with Gasteiger partial charge in [0.2, 0.25) is 0 Å². The average molecular weight is 292 g/mol. The summed E-state index contributed by atoms with van der Waals surface area (Å²) in [6, 6.07) is 6.80. The lowest BCUT2D eigenvalue weighted by Crippen LogP contribution is -2.11. The summed E-state index contributed by atoms with van der Waals surface area (Å²) in [6.07, 6.45) is 0.722. The molecule has 1 unspecified atom stereocenters. The fraction of sp³-hybridized carbons (Fsp3) is 0.214. The van der Waals surface area contributed by atoms with Gasteiger partial charge in [-0.3, -0.25) is 0 Å². The van der Waals surface area contributed by atoms with E-state index in [1.54, 1.807) is 34.8 Å². The molecule has 0 spiro atoms. The molecular weight excluding hydrogens is 279 g/mol. The topological polar surface area (TPSA) is 38.9 Å². The fourth-order valence-electron chi connectivity index (χ4n) is 2.04. The van der Waals surface area contributed by atoms with Crippen LogP contribution in [0.3, 0.4) is 0 Å². The van der Waals surface area contributed by atoms with Crippen molar-refractivity contribution in [3.63, 3.8) is 0 Å². The predicted octanol–water partition coefficient (Wildman–Crippen LogP) is 4.05. The van der Waals surface area contributed by atoms with E-state index in [2.05, 4.69) is 4.98 Å². The number of nitrogens with two attached hydrogens (primary N) is 1. The molecule has 0 fully saturated rings. The van der Waals surface area contributed by atoms with E-state index in [0.717, 1.165) is 32.1 Å². The highest BCUT2D eigenvalue weighted by Crippen LogP contribution is 2.31. The molecule has 0 saturated heterocycles. The van der Waals surface area contributed by atoms with E-state index in [9.17, 15) is 4.39 Å². The van der Waals surface area contributed by atoms with Crippen molar-refractivity contribution in [2.75, 3.05) is 0 Å². The molecule has 0 amide bonds. The Morgan fingerprint density at radius 1 is 1.37 bits per heavy atom. The number of benzene rings is 1. The predicted molar refractivity (Wildman–Crippen MR) is 79.3 cm³/mol. The van der Waals surface area contributed by atoms with Crippen molar-refractivity contribution >= 4 is 32.8 Å². The standard InChI is InChI=1S/C14H13FN2S2/c1-8-17-11(7-18-8)6-12(16)14-4-9-2-3-10(15)5-13(9)19-14/h2-5,7,12H,6,16H2,1H3. The molecule has 0 bridgehead atoms. The zero-order valence-electron chi connectivity index (χ0n) is 10.4. The van der Waals surface area contributed by atoms with Crippen molar-refractivity contribution in [1.29, 1.82) is 0 Å². The molecule has 3 aromatic rings. The van der Waals surface area contributed by atoms with E-state index in [-0.39, 0.29) is 11.9 Å². The highest BCUT2D eigenvalue weighted by atomic mass is 32.1. The minimum atomic E-state index is -0.204. The number of thiophene rings is 1. The van der Waals surface area contributed by atoms with Gasteiger partial charge < -0.3 is 5.73 Å². The van der Waals surface area contributed by atoms with Crippen LogP contribution in [0, 0.1) is 12.7 Å². The maximum absolute atomic E-state index is 13.2. The molecule has 0 aliphatic carbocycles. The van der Waals surface area contributed by atoms with Gasteiger partial charge in [0.15, 0.2) is 0 Å². The Balaban J connectivity index is 1.86. The quantitative estimate of drug-likeness (QED) is 0.791. The van der Waals surface area contributed by atoms with Crippen molar-refractivity contribution < 1.29 is 4.39 Å². The van der Waals surface area contributed by atoms with Gasteiger partial charge in [0.1, 0.15) is 5.82 Å². The van der Waals surface area contributed by atoms with E-state index in [0.29, 0.717) is 0 Å². The Morgan fingerprint density at radius 3 is 2.95 bits per heavy atom. The summed E-state index contributed by atoms with van der Waals surface area (Å²) in [5.41, 5.74) is 7.25. The molecule has 1 aromatic carbocycles. The lowest BCUT2D eigenvalue weighted by atomic mass is 10.1. The molecule has 98 valence electrons. The number of rotatable bonds is 3. The van der Waals surface area contributed by atoms with Gasteiger partial charge in [-0.05, 0) is 30.5 Å². The Morgan fingerprint density at radius 2 is 2.21 bits per heavy atom. The number of thiazole rings is 1. The first-order valence-corrected chi connectivity index (χ1v) is 7.67. The summed E-state index contributed by atoms with van der Waals surface area (Å²) >= 11 is 3.19. The lowest BCUT2D eigenvalue weighted by Gasteiger charge is -2.06. The van der Waals surface area contributed by atoms with Crippen molar-refractivity contribution in [3.05, 3.63) is 51.0 Å². The van der Waals surface area contributed by atoms with Crippen LogP contribution in [0.1, 0.15) is 21.6 Å². The van der Waals surface area contributed by atoms with Crippen LogP contribution >= 0.6 is 22.7 Å². The van der Waals surface area contributed by atoms with Crippen LogP contribution in [-0.4, -0.2) is 4.98 Å². The first-order valence-electron chi connectivity index (χ1n) is 5.97. The minimum Gasteiger partial charge on any atom is -0.323 e. The molecule has 2 aromatic heterocycles. The van der Waals surface area contributed by atoms with E-state index in [1.807, 2.05) is 18.4 Å². The molecule has 2 heterocycles. The molecule has 0 radical (unpaired) electrons. The van der Waals surface area contributed by atoms with Crippen LogP contribution in [0.5, 0.6) is 0 Å². The van der Waals surface area contributed by atoms with Gasteiger partial charge in [-0.2, -0.15) is 0 Å². The van der Waals surface area contributed by atoms with Crippen LogP contribution < -0.4 is 5.73 Å². The minimum absolute atomic E-state index is 0.0815. The number of fused-ring (bicyclic) bond motifs is 1. The Hall–Kier alpha value is -1.30. The highest BCUT2D eigenvalue weighted by molar-refractivity contribution is 7.19. The zero-order chi connectivity index (χ0) is 13.4. The van der Waals surface area contributed by atoms with Crippen LogP contribution in [0.15, 0.2) is 29.6 Å². The normalized spacial score (nSPS) is 13.0. The Kier molecular flexibility index (Phi) is 3.35. The molecular formula is C14H13FN2S2. The third kappa shape index (κ3) is 2.68. The third-order valence-corrected chi connectivity index (χ3v) is 5.01. The fourth-order valence-corrected chi connectivity index (χ4v) is 3.75. The van der Waals surface area contributed by atoms with Crippen LogP contribution in [0.25, 0.3) is 10.1 Å². The molecule has 1 atom stereocenters. The molecule has 0 saturated carbocycles. The molecule has 2 nitrogen and oxygen atoms in total. The molecule has 0 aliphatic rings. The van der Waals surface area contributed by atoms with E-state index < -0.39 is 0 Å². The smallest absolute Gasteiger partial charge is 0.124 e. The van der Waals surface area contributed by atoms with E-state index >= 15 is 0 Å². The highest BCUT2D eigenvalue weighted by Gasteiger charge is 2.13. The SMILES string of the molecule is Cc1nc(CC(N)c2cc3ccc(F)cc3s2)cs1. The first-order chi connectivity index (χ1) is 9.11. The van der Waals surface area contributed by atoms with Gasteiger partial charge in [0, 0.05) is 27.4 Å². The summed E-state index contributed by atoms with van der Waals surface area (Å²) in [6.45, 7) is 1.99. The largest absolute Gasteiger partial charge is 0.323 e.